The molecule has 69 heavy (non-hydrogen) atoms. The van der Waals surface area contributed by atoms with Crippen LogP contribution in [0.3, 0.4) is 0 Å². The minimum atomic E-state index is -1.25. The van der Waals surface area contributed by atoms with E-state index < -0.39 is 95.7 Å². The number of carboxylic acids is 1. The van der Waals surface area contributed by atoms with Gasteiger partial charge in [-0.05, 0) is 122 Å². The van der Waals surface area contributed by atoms with Crippen molar-refractivity contribution in [3.63, 3.8) is 0 Å². The number of nitrogens with one attached hydrogen (secondary N) is 7. The number of carbonyl (C=O) groups is 8. The van der Waals surface area contributed by atoms with Crippen LogP contribution in [0.15, 0.2) is 60.7 Å². The van der Waals surface area contributed by atoms with Crippen molar-refractivity contribution in [2.45, 2.75) is 152 Å². The molecular weight excluding hydrogens is 889 g/mol. The van der Waals surface area contributed by atoms with Gasteiger partial charge in [-0.2, -0.15) is 0 Å². The Kier molecular flexibility index (Phi) is 28.7. The maximum atomic E-state index is 14.2. The molecule has 0 radical (unpaired) electrons. The minimum absolute atomic E-state index is 0.00801. The molecule has 0 aromatic heterocycles. The molecule has 0 heterocycles. The van der Waals surface area contributed by atoms with E-state index in [0.29, 0.717) is 89.5 Å². The predicted molar refractivity (Wildman–Crippen MR) is 262 cm³/mol. The van der Waals surface area contributed by atoms with Gasteiger partial charge in [0.15, 0.2) is 0 Å². The summed E-state index contributed by atoms with van der Waals surface area (Å²) < 4.78 is 0. The van der Waals surface area contributed by atoms with E-state index in [0.717, 1.165) is 5.56 Å². The Morgan fingerprint density at radius 1 is 0.406 bits per heavy atom. The predicted octanol–water partition coefficient (Wildman–Crippen LogP) is -1.17. The van der Waals surface area contributed by atoms with E-state index in [4.69, 9.17) is 28.7 Å². The molecule has 7 amide bonds. The van der Waals surface area contributed by atoms with Gasteiger partial charge in [0.2, 0.25) is 41.4 Å². The molecule has 0 unspecified atom stereocenters. The molecule has 0 aliphatic heterocycles. The molecular formula is C48H78N12O9. The Morgan fingerprint density at radius 3 is 1.09 bits per heavy atom. The summed E-state index contributed by atoms with van der Waals surface area (Å²) in [7, 11) is 0. The normalized spacial score (nSPS) is 14.5. The Hall–Kier alpha value is -6.00. The summed E-state index contributed by atoms with van der Waals surface area (Å²) in [4.78, 5) is 108. The van der Waals surface area contributed by atoms with E-state index in [-0.39, 0.29) is 32.1 Å². The molecule has 2 aromatic rings. The van der Waals surface area contributed by atoms with Crippen LogP contribution in [0.4, 0.5) is 0 Å². The molecule has 384 valence electrons. The van der Waals surface area contributed by atoms with Gasteiger partial charge in [-0.15, -0.1) is 0 Å². The van der Waals surface area contributed by atoms with Gasteiger partial charge in [-0.25, -0.2) is 4.79 Å². The zero-order valence-electron chi connectivity index (χ0n) is 40.2. The monoisotopic (exact) mass is 967 g/mol. The lowest BCUT2D eigenvalue weighted by molar-refractivity contribution is -0.142. The molecule has 0 aliphatic carbocycles. The second-order valence-corrected chi connectivity index (χ2v) is 17.2. The fourth-order valence-corrected chi connectivity index (χ4v) is 7.21. The average Bonchev–Trinajstić information content (AvgIpc) is 3.32. The van der Waals surface area contributed by atoms with Crippen molar-refractivity contribution in [2.75, 3.05) is 26.2 Å². The summed E-state index contributed by atoms with van der Waals surface area (Å²) in [6.45, 7) is 4.24. The second-order valence-electron chi connectivity index (χ2n) is 17.2. The number of rotatable bonds is 35. The van der Waals surface area contributed by atoms with Gasteiger partial charge in [0.25, 0.3) is 0 Å². The van der Waals surface area contributed by atoms with Crippen LogP contribution in [0.1, 0.15) is 102 Å². The van der Waals surface area contributed by atoms with Crippen LogP contribution >= 0.6 is 0 Å². The van der Waals surface area contributed by atoms with Crippen LogP contribution in [0.5, 0.6) is 0 Å². The molecule has 21 heteroatoms. The molecule has 0 aliphatic rings. The van der Waals surface area contributed by atoms with Crippen molar-refractivity contribution < 1.29 is 43.5 Å². The van der Waals surface area contributed by atoms with Crippen LogP contribution in [0.25, 0.3) is 0 Å². The lowest BCUT2D eigenvalue weighted by Gasteiger charge is -2.27. The zero-order chi connectivity index (χ0) is 51.1. The number of hydrogen-bond donors (Lipinski definition) is 13. The Bertz CT molecular complexity index is 1890. The van der Waals surface area contributed by atoms with Crippen LogP contribution < -0.4 is 65.9 Å². The Balaban J connectivity index is 2.31. The molecule has 0 spiro atoms. The van der Waals surface area contributed by atoms with Gasteiger partial charge in [0, 0.05) is 12.8 Å². The van der Waals surface area contributed by atoms with Gasteiger partial charge in [-0.1, -0.05) is 67.1 Å². The maximum Gasteiger partial charge on any atom is 0.326 e. The highest BCUT2D eigenvalue weighted by Crippen LogP contribution is 2.11. The molecule has 8 atom stereocenters. The number of hydrogen-bond acceptors (Lipinski definition) is 13. The van der Waals surface area contributed by atoms with Crippen molar-refractivity contribution in [2.24, 2.45) is 28.7 Å². The molecule has 18 N–H and O–H groups in total. The molecule has 2 aromatic carbocycles. The van der Waals surface area contributed by atoms with Crippen molar-refractivity contribution in [1.29, 1.82) is 0 Å². The van der Waals surface area contributed by atoms with Gasteiger partial charge >= 0.3 is 5.97 Å². The summed E-state index contributed by atoms with van der Waals surface area (Å²) in [6, 6.07) is 8.56. The molecule has 21 nitrogen and oxygen atoms in total. The zero-order valence-corrected chi connectivity index (χ0v) is 40.2. The van der Waals surface area contributed by atoms with E-state index in [1.807, 2.05) is 6.07 Å². The van der Waals surface area contributed by atoms with E-state index in [2.05, 4.69) is 37.2 Å². The van der Waals surface area contributed by atoms with Crippen LogP contribution in [-0.4, -0.2) is 127 Å². The van der Waals surface area contributed by atoms with E-state index in [1.165, 1.54) is 13.8 Å². The van der Waals surface area contributed by atoms with Crippen molar-refractivity contribution in [1.82, 2.24) is 37.2 Å². The van der Waals surface area contributed by atoms with Crippen LogP contribution in [-0.2, 0) is 51.2 Å². The minimum Gasteiger partial charge on any atom is -0.480 e. The molecule has 2 rings (SSSR count). The number of benzene rings is 2. The summed E-state index contributed by atoms with van der Waals surface area (Å²) >= 11 is 0. The van der Waals surface area contributed by atoms with Crippen molar-refractivity contribution >= 4 is 47.3 Å². The number of nitrogens with two attached hydrogens (primary N) is 5. The molecule has 0 fully saturated rings. The smallest absolute Gasteiger partial charge is 0.326 e. The maximum absolute atomic E-state index is 14.2. The first-order valence-corrected chi connectivity index (χ1v) is 24.0. The third-order valence-corrected chi connectivity index (χ3v) is 11.4. The van der Waals surface area contributed by atoms with Crippen molar-refractivity contribution in [3.05, 3.63) is 71.8 Å². The quantitative estimate of drug-likeness (QED) is 0.0363. The third kappa shape index (κ3) is 23.2. The highest BCUT2D eigenvalue weighted by atomic mass is 16.4. The molecule has 0 bridgehead atoms. The summed E-state index contributed by atoms with van der Waals surface area (Å²) in [5, 5.41) is 28.3. The fourth-order valence-electron chi connectivity index (χ4n) is 7.21. The molecule has 0 saturated carbocycles. The third-order valence-electron chi connectivity index (χ3n) is 11.4. The first-order chi connectivity index (χ1) is 33.0. The number of amides is 7. The van der Waals surface area contributed by atoms with Gasteiger partial charge in [0.05, 0.1) is 6.04 Å². The summed E-state index contributed by atoms with van der Waals surface area (Å²) in [5.74, 6) is -6.06. The number of carboxylic acid groups (broad SMARTS) is 1. The fraction of sp³-hybridized carbons (Fsp3) is 0.583. The van der Waals surface area contributed by atoms with Gasteiger partial charge in [-0.3, -0.25) is 33.6 Å². The topological polar surface area (TPSA) is 371 Å². The second kappa shape index (κ2) is 33.5. The SMILES string of the molecule is C[C@H](NC(=O)[C@H](Cc1ccccc1)NC(=O)[C@H](CCCCN)NC(=O)[C@H](CCCCN)NC(=O)[C@H](C)NC(=O)[C@H](Cc1ccccc1)NC(=O)[C@@H](N)CCCCN)C(=O)N[C@@H](CCCCN)C(=O)O. The Morgan fingerprint density at radius 2 is 0.710 bits per heavy atom. The van der Waals surface area contributed by atoms with Crippen molar-refractivity contribution in [3.8, 4) is 0 Å². The number of aliphatic carboxylic acids is 1. The highest BCUT2D eigenvalue weighted by Gasteiger charge is 2.33. The standard InChI is InChI=1S/C48H78N12O9/c1-31(54-46(66)39(29-33-17-5-3-6-18-33)59-43(63)35(53)21-9-13-25-49)41(61)56-36(22-10-14-26-50)44(64)57-37(23-11-15-27-51)45(65)60-40(30-34-19-7-4-8-20-34)47(67)55-32(2)42(62)58-38(48(68)69)24-12-16-28-52/h3-8,17-20,31-32,35-40H,9-16,21-30,49-53H2,1-2H3,(H,54,66)(H,55,67)(H,56,61)(H,57,64)(H,58,62)(H,59,63)(H,60,65)(H,68,69)/t31-,32-,35-,36-,37-,38-,39-,40-/m0/s1. The lowest BCUT2D eigenvalue weighted by atomic mass is 10.0. The number of carbonyl (C=O) groups excluding carboxylic acids is 7. The largest absolute Gasteiger partial charge is 0.480 e. The lowest BCUT2D eigenvalue weighted by Crippen LogP contribution is -2.60. The van der Waals surface area contributed by atoms with E-state index in [1.54, 1.807) is 54.6 Å². The Labute approximate surface area is 405 Å². The van der Waals surface area contributed by atoms with Gasteiger partial charge in [0.1, 0.15) is 42.3 Å². The van der Waals surface area contributed by atoms with E-state index >= 15 is 0 Å². The summed E-state index contributed by atoms with van der Waals surface area (Å²) in [6.07, 6.45) is 5.00. The molecule has 0 saturated heterocycles. The average molecular weight is 967 g/mol. The van der Waals surface area contributed by atoms with Crippen LogP contribution in [0.2, 0.25) is 0 Å². The van der Waals surface area contributed by atoms with E-state index in [9.17, 15) is 43.5 Å². The first-order valence-electron chi connectivity index (χ1n) is 24.0. The number of unbranched alkanes of at least 4 members (excludes halogenated alkanes) is 4. The van der Waals surface area contributed by atoms with Crippen LogP contribution in [0, 0.1) is 0 Å². The van der Waals surface area contributed by atoms with Gasteiger partial charge < -0.3 is 71.0 Å². The first kappa shape index (κ1) is 59.1. The highest BCUT2D eigenvalue weighted by molar-refractivity contribution is 5.97. The summed E-state index contributed by atoms with van der Waals surface area (Å²) in [5.41, 5.74) is 30.2.